The Morgan fingerprint density at radius 1 is 1.12 bits per heavy atom. The minimum atomic E-state index is -0.432. The lowest BCUT2D eigenvalue weighted by molar-refractivity contribution is -0.130. The second kappa shape index (κ2) is 12.6. The maximum atomic E-state index is 12.5. The molecule has 2 unspecified atom stereocenters. The molecule has 0 radical (unpaired) electrons. The number of amides is 3. The Morgan fingerprint density at radius 2 is 1.75 bits per heavy atom. The van der Waals surface area contributed by atoms with Crippen molar-refractivity contribution in [2.24, 2.45) is 11.3 Å². The van der Waals surface area contributed by atoms with E-state index in [1.54, 1.807) is 42.8 Å². The normalized spacial score (nSPS) is 13.2. The molecule has 7 nitrogen and oxygen atoms in total. The minimum absolute atomic E-state index is 0.0280. The predicted molar refractivity (Wildman–Crippen MR) is 127 cm³/mol. The van der Waals surface area contributed by atoms with Crippen LogP contribution in [0.5, 0.6) is 0 Å². The van der Waals surface area contributed by atoms with E-state index in [1.165, 1.54) is 0 Å². The van der Waals surface area contributed by atoms with Gasteiger partial charge in [0.15, 0.2) is 0 Å². The third-order valence-electron chi connectivity index (χ3n) is 5.00. The molecule has 3 amide bonds. The van der Waals surface area contributed by atoms with Crippen LogP contribution in [0, 0.1) is 11.3 Å². The molecule has 0 spiro atoms. The van der Waals surface area contributed by atoms with Gasteiger partial charge in [0.25, 0.3) is 0 Å². The van der Waals surface area contributed by atoms with E-state index in [4.69, 9.17) is 5.21 Å². The maximum Gasteiger partial charge on any atom is 0.243 e. The molecule has 0 aliphatic heterocycles. The van der Waals surface area contributed by atoms with Gasteiger partial charge in [-0.3, -0.25) is 19.6 Å². The van der Waals surface area contributed by atoms with Crippen LogP contribution in [0.1, 0.15) is 58.4 Å². The molecule has 0 aliphatic rings. The van der Waals surface area contributed by atoms with Crippen molar-refractivity contribution in [3.05, 3.63) is 66.9 Å². The maximum absolute atomic E-state index is 12.5. The number of rotatable bonds is 12. The molecule has 0 fully saturated rings. The zero-order valence-corrected chi connectivity index (χ0v) is 19.4. The number of carbonyl (C=O) groups excluding carboxylic acids is 3. The molecular weight excluding hydrogens is 406 g/mol. The number of hydrogen-bond acceptors (Lipinski definition) is 4. The second-order valence-electron chi connectivity index (χ2n) is 8.89. The van der Waals surface area contributed by atoms with Crippen molar-refractivity contribution in [3.8, 4) is 0 Å². The zero-order chi connectivity index (χ0) is 24.3. The molecule has 0 saturated heterocycles. The molecule has 7 heteroatoms. The van der Waals surface area contributed by atoms with Gasteiger partial charge in [-0.25, -0.2) is 5.48 Å². The van der Waals surface area contributed by atoms with Crippen molar-refractivity contribution in [1.82, 2.24) is 10.8 Å². The average Bonchev–Trinajstić information content (AvgIpc) is 2.70. The highest BCUT2D eigenvalue weighted by molar-refractivity contribution is 5.91. The van der Waals surface area contributed by atoms with E-state index in [0.717, 1.165) is 5.56 Å². The monoisotopic (exact) mass is 441 g/mol. The Hall–Kier alpha value is -3.19. The lowest BCUT2D eigenvalue weighted by Gasteiger charge is -2.27. The summed E-state index contributed by atoms with van der Waals surface area (Å²) in [6, 6.07) is 7.15. The molecule has 0 heterocycles. The topological polar surface area (TPSA) is 108 Å². The van der Waals surface area contributed by atoms with E-state index in [9.17, 15) is 14.4 Å². The van der Waals surface area contributed by atoms with Gasteiger partial charge in [-0.05, 0) is 48.4 Å². The second-order valence-corrected chi connectivity index (χ2v) is 8.89. The van der Waals surface area contributed by atoms with Crippen LogP contribution in [0.3, 0.4) is 0 Å². The third kappa shape index (κ3) is 9.75. The molecule has 2 atom stereocenters. The van der Waals surface area contributed by atoms with Crippen LogP contribution in [0.25, 0.3) is 0 Å². The van der Waals surface area contributed by atoms with Crippen LogP contribution in [-0.2, 0) is 14.4 Å². The zero-order valence-electron chi connectivity index (χ0n) is 19.4. The Morgan fingerprint density at radius 3 is 2.31 bits per heavy atom. The summed E-state index contributed by atoms with van der Waals surface area (Å²) < 4.78 is 0. The first-order chi connectivity index (χ1) is 15.0. The highest BCUT2D eigenvalue weighted by Gasteiger charge is 2.25. The van der Waals surface area contributed by atoms with Crippen molar-refractivity contribution in [3.63, 3.8) is 0 Å². The first-order valence-corrected chi connectivity index (χ1v) is 10.6. The summed E-state index contributed by atoms with van der Waals surface area (Å²) in [6.45, 7) is 15.0. The SMILES string of the molecule is C=C/C=C\C(=C)NC(=O)C(C)c1ccc(NC(=O)CC(C)(C)CC(C)CC(=O)NO)cc1. The Kier molecular flexibility index (Phi) is 10.6. The van der Waals surface area contributed by atoms with Gasteiger partial charge < -0.3 is 10.6 Å². The molecule has 0 aliphatic carbocycles. The fourth-order valence-electron chi connectivity index (χ4n) is 3.59. The van der Waals surface area contributed by atoms with E-state index in [1.807, 2.05) is 32.9 Å². The van der Waals surface area contributed by atoms with Crippen LogP contribution in [0.2, 0.25) is 0 Å². The molecule has 1 rings (SSSR count). The van der Waals surface area contributed by atoms with Crippen molar-refractivity contribution in [2.75, 3.05) is 5.32 Å². The van der Waals surface area contributed by atoms with Gasteiger partial charge in [0.05, 0.1) is 5.92 Å². The molecule has 32 heavy (non-hydrogen) atoms. The summed E-state index contributed by atoms with van der Waals surface area (Å²) in [5, 5.41) is 14.3. The van der Waals surface area contributed by atoms with Gasteiger partial charge in [0.1, 0.15) is 0 Å². The summed E-state index contributed by atoms with van der Waals surface area (Å²) in [6.07, 6.45) is 6.11. The van der Waals surface area contributed by atoms with E-state index >= 15 is 0 Å². The first-order valence-electron chi connectivity index (χ1n) is 10.6. The molecule has 174 valence electrons. The summed E-state index contributed by atoms with van der Waals surface area (Å²) in [5.74, 6) is -1.09. The lowest BCUT2D eigenvalue weighted by Crippen LogP contribution is -2.27. The smallest absolute Gasteiger partial charge is 0.243 e. The van der Waals surface area contributed by atoms with E-state index in [2.05, 4.69) is 23.8 Å². The van der Waals surface area contributed by atoms with Gasteiger partial charge in [-0.15, -0.1) is 0 Å². The van der Waals surface area contributed by atoms with Gasteiger partial charge in [-0.1, -0.05) is 58.2 Å². The van der Waals surface area contributed by atoms with Crippen molar-refractivity contribution in [2.45, 2.75) is 52.9 Å². The van der Waals surface area contributed by atoms with Gasteiger partial charge in [-0.2, -0.15) is 0 Å². The predicted octanol–water partition coefficient (Wildman–Crippen LogP) is 4.44. The van der Waals surface area contributed by atoms with Gasteiger partial charge in [0.2, 0.25) is 17.7 Å². The van der Waals surface area contributed by atoms with Crippen LogP contribution < -0.4 is 16.1 Å². The molecule has 0 bridgehead atoms. The first kappa shape index (κ1) is 26.8. The number of anilines is 1. The van der Waals surface area contributed by atoms with Crippen LogP contribution in [-0.4, -0.2) is 22.9 Å². The number of hydroxylamine groups is 1. The summed E-state index contributed by atoms with van der Waals surface area (Å²) in [4.78, 5) is 36.2. The Balaban J connectivity index is 2.63. The molecule has 1 aromatic carbocycles. The molecular formula is C25H35N3O4. The van der Waals surface area contributed by atoms with Crippen molar-refractivity contribution < 1.29 is 19.6 Å². The van der Waals surface area contributed by atoms with Gasteiger partial charge >= 0.3 is 0 Å². The number of carbonyl (C=O) groups is 3. The number of allylic oxidation sites excluding steroid dienone is 3. The molecule has 1 aromatic rings. The fraction of sp³-hybridized carbons (Fsp3) is 0.400. The van der Waals surface area contributed by atoms with Crippen LogP contribution in [0.15, 0.2) is 61.3 Å². The van der Waals surface area contributed by atoms with E-state index < -0.39 is 5.91 Å². The highest BCUT2D eigenvalue weighted by atomic mass is 16.5. The molecule has 4 N–H and O–H groups in total. The fourth-order valence-corrected chi connectivity index (χ4v) is 3.59. The largest absolute Gasteiger partial charge is 0.326 e. The third-order valence-corrected chi connectivity index (χ3v) is 5.00. The number of nitrogens with one attached hydrogen (secondary N) is 3. The Bertz CT molecular complexity index is 856. The van der Waals surface area contributed by atoms with Crippen molar-refractivity contribution in [1.29, 1.82) is 0 Å². The Labute approximate surface area is 190 Å². The van der Waals surface area contributed by atoms with Crippen LogP contribution in [0.4, 0.5) is 5.69 Å². The number of benzene rings is 1. The molecule has 0 aromatic heterocycles. The van der Waals surface area contributed by atoms with E-state index in [0.29, 0.717) is 24.2 Å². The number of hydrogen-bond donors (Lipinski definition) is 4. The van der Waals surface area contributed by atoms with E-state index in [-0.39, 0.29) is 35.5 Å². The summed E-state index contributed by atoms with van der Waals surface area (Å²) >= 11 is 0. The summed E-state index contributed by atoms with van der Waals surface area (Å²) in [5.41, 5.74) is 3.28. The quantitative estimate of drug-likeness (QED) is 0.218. The molecule has 0 saturated carbocycles. The van der Waals surface area contributed by atoms with Gasteiger partial charge in [0, 0.05) is 24.2 Å². The standard InChI is InChI=1S/C25H35N3O4/c1-7-8-9-18(3)26-24(31)19(4)20-10-12-21(13-11-20)27-23(30)16-25(5,6)15-17(2)14-22(29)28-32/h7-13,17,19,32H,1,3,14-16H2,2,4-6H3,(H,26,31)(H,27,30)(H,28,29)/b9-8-. The average molecular weight is 442 g/mol. The van der Waals surface area contributed by atoms with Crippen molar-refractivity contribution >= 4 is 23.4 Å². The minimum Gasteiger partial charge on any atom is -0.326 e. The lowest BCUT2D eigenvalue weighted by atomic mass is 9.79. The summed E-state index contributed by atoms with van der Waals surface area (Å²) in [7, 11) is 0. The highest BCUT2D eigenvalue weighted by Crippen LogP contribution is 2.31. The van der Waals surface area contributed by atoms with Crippen LogP contribution >= 0.6 is 0 Å².